The number of fused-ring (bicyclic) bond motifs is 2. The van der Waals surface area contributed by atoms with Crippen molar-refractivity contribution in [2.45, 2.75) is 52.2 Å². The molecule has 1 saturated heterocycles. The second-order valence-electron chi connectivity index (χ2n) is 9.95. The van der Waals surface area contributed by atoms with Crippen LogP contribution in [0.2, 0.25) is 0 Å². The number of anilines is 2. The quantitative estimate of drug-likeness (QED) is 0.589. The number of piperidine rings is 1. The molecule has 1 aromatic heterocycles. The number of halogens is 1. The minimum absolute atomic E-state index is 0.0810. The topological polar surface area (TPSA) is 56.8 Å². The maximum Gasteiger partial charge on any atom is 0.255 e. The zero-order valence-electron chi connectivity index (χ0n) is 20.8. The number of likely N-dealkylation sites (tertiary alicyclic amines) is 1. The van der Waals surface area contributed by atoms with Crippen LogP contribution >= 0.6 is 0 Å². The Hall–Kier alpha value is -3.22. The van der Waals surface area contributed by atoms with E-state index in [-0.39, 0.29) is 17.7 Å². The van der Waals surface area contributed by atoms with Gasteiger partial charge in [-0.3, -0.25) is 9.59 Å². The number of pyridine rings is 1. The molecular formula is C28H33FN4O2. The maximum absolute atomic E-state index is 15.1. The zero-order chi connectivity index (χ0) is 24.7. The summed E-state index contributed by atoms with van der Waals surface area (Å²) in [6, 6.07) is 7.97. The summed E-state index contributed by atoms with van der Waals surface area (Å²) in [5.74, 6) is 0.625. The molecule has 0 spiro atoms. The maximum atomic E-state index is 15.1. The lowest BCUT2D eigenvalue weighted by atomic mass is 9.83. The molecule has 4 heterocycles. The van der Waals surface area contributed by atoms with Crippen molar-refractivity contribution in [3.63, 3.8) is 0 Å². The molecule has 1 aromatic carbocycles. The van der Waals surface area contributed by atoms with Gasteiger partial charge >= 0.3 is 0 Å². The summed E-state index contributed by atoms with van der Waals surface area (Å²) >= 11 is 0. The Bertz CT molecular complexity index is 1200. The van der Waals surface area contributed by atoms with Gasteiger partial charge in [0.2, 0.25) is 0 Å². The van der Waals surface area contributed by atoms with Crippen LogP contribution in [-0.2, 0) is 13.0 Å². The first kappa shape index (κ1) is 23.5. The summed E-state index contributed by atoms with van der Waals surface area (Å²) in [6.07, 6.45) is 7.17. The normalized spacial score (nSPS) is 24.2. The van der Waals surface area contributed by atoms with Crippen molar-refractivity contribution in [2.75, 3.05) is 31.1 Å². The molecule has 1 fully saturated rings. The SMILES string of the molecule is C/C=C/C1(F)CCN(C(=O)c2cnc3c(c2)CCCN3c2ccc3c(c2)CN(CC)C3=O)CC1C. The van der Waals surface area contributed by atoms with Crippen LogP contribution in [0.5, 0.6) is 0 Å². The molecule has 2 atom stereocenters. The highest BCUT2D eigenvalue weighted by atomic mass is 19.1. The van der Waals surface area contributed by atoms with Crippen LogP contribution in [0.15, 0.2) is 42.6 Å². The molecule has 0 radical (unpaired) electrons. The molecule has 6 nitrogen and oxygen atoms in total. The van der Waals surface area contributed by atoms with E-state index in [1.807, 2.05) is 43.9 Å². The molecule has 3 aliphatic heterocycles. The molecule has 2 unspecified atom stereocenters. The molecule has 0 aliphatic carbocycles. The van der Waals surface area contributed by atoms with Gasteiger partial charge in [0.15, 0.2) is 0 Å². The fourth-order valence-electron chi connectivity index (χ4n) is 5.64. The number of alkyl halides is 1. The molecule has 2 amide bonds. The van der Waals surface area contributed by atoms with E-state index >= 15 is 4.39 Å². The second kappa shape index (κ2) is 9.10. The number of aryl methyl sites for hydroxylation is 1. The van der Waals surface area contributed by atoms with E-state index in [0.29, 0.717) is 38.2 Å². The number of nitrogens with zero attached hydrogens (tertiary/aromatic N) is 4. The summed E-state index contributed by atoms with van der Waals surface area (Å²) in [7, 11) is 0. The molecule has 2 aromatic rings. The average molecular weight is 477 g/mol. The van der Waals surface area contributed by atoms with Crippen LogP contribution in [-0.4, -0.2) is 58.4 Å². The second-order valence-corrected chi connectivity index (χ2v) is 9.95. The Labute approximate surface area is 206 Å². The van der Waals surface area contributed by atoms with Crippen molar-refractivity contribution in [3.8, 4) is 0 Å². The Morgan fingerprint density at radius 3 is 2.83 bits per heavy atom. The summed E-state index contributed by atoms with van der Waals surface area (Å²) in [5, 5.41) is 0. The summed E-state index contributed by atoms with van der Waals surface area (Å²) in [5.41, 5.74) is 3.11. The number of carbonyl (C=O) groups is 2. The lowest BCUT2D eigenvalue weighted by Crippen LogP contribution is -2.49. The van der Waals surface area contributed by atoms with Gasteiger partial charge in [-0.05, 0) is 62.1 Å². The fourth-order valence-corrected chi connectivity index (χ4v) is 5.64. The van der Waals surface area contributed by atoms with E-state index in [9.17, 15) is 9.59 Å². The van der Waals surface area contributed by atoms with Crippen molar-refractivity contribution in [3.05, 3.63) is 64.9 Å². The Balaban J connectivity index is 1.36. The highest BCUT2D eigenvalue weighted by Crippen LogP contribution is 2.36. The van der Waals surface area contributed by atoms with Crippen molar-refractivity contribution >= 4 is 23.3 Å². The molecule has 5 rings (SSSR count). The molecule has 3 aliphatic rings. The first-order valence-electron chi connectivity index (χ1n) is 12.7. The average Bonchev–Trinajstić information content (AvgIpc) is 3.19. The van der Waals surface area contributed by atoms with Gasteiger partial charge in [-0.15, -0.1) is 0 Å². The molecule has 0 N–H and O–H groups in total. The first-order valence-corrected chi connectivity index (χ1v) is 12.7. The third kappa shape index (κ3) is 4.11. The van der Waals surface area contributed by atoms with Crippen LogP contribution in [0, 0.1) is 5.92 Å². The minimum Gasteiger partial charge on any atom is -0.338 e. The lowest BCUT2D eigenvalue weighted by Gasteiger charge is -2.40. The van der Waals surface area contributed by atoms with E-state index in [2.05, 4.69) is 11.0 Å². The van der Waals surface area contributed by atoms with Crippen LogP contribution in [0.3, 0.4) is 0 Å². The summed E-state index contributed by atoms with van der Waals surface area (Å²) in [6.45, 7) is 8.66. The van der Waals surface area contributed by atoms with E-state index in [0.717, 1.165) is 47.6 Å². The number of carbonyl (C=O) groups excluding carboxylic acids is 2. The van der Waals surface area contributed by atoms with Crippen LogP contribution in [0.1, 0.15) is 65.5 Å². The number of hydrogen-bond donors (Lipinski definition) is 0. The lowest BCUT2D eigenvalue weighted by molar-refractivity contribution is 0.0337. The minimum atomic E-state index is -1.35. The highest BCUT2D eigenvalue weighted by molar-refractivity contribution is 5.99. The Morgan fingerprint density at radius 1 is 1.26 bits per heavy atom. The van der Waals surface area contributed by atoms with Gasteiger partial charge in [-0.25, -0.2) is 9.37 Å². The van der Waals surface area contributed by atoms with Crippen LogP contribution in [0.25, 0.3) is 0 Å². The molecule has 35 heavy (non-hydrogen) atoms. The van der Waals surface area contributed by atoms with Crippen molar-refractivity contribution in [2.24, 2.45) is 5.92 Å². The molecule has 184 valence electrons. The van der Waals surface area contributed by atoms with Crippen LogP contribution < -0.4 is 4.90 Å². The number of benzene rings is 1. The van der Waals surface area contributed by atoms with Crippen LogP contribution in [0.4, 0.5) is 15.9 Å². The van der Waals surface area contributed by atoms with Gasteiger partial charge in [-0.2, -0.15) is 0 Å². The van der Waals surface area contributed by atoms with E-state index in [1.54, 1.807) is 23.2 Å². The predicted octanol–water partition coefficient (Wildman–Crippen LogP) is 4.91. The summed E-state index contributed by atoms with van der Waals surface area (Å²) < 4.78 is 15.1. The van der Waals surface area contributed by atoms with Gasteiger partial charge in [0.25, 0.3) is 11.8 Å². The highest BCUT2D eigenvalue weighted by Gasteiger charge is 2.40. The Kier molecular flexibility index (Phi) is 6.11. The molecule has 7 heteroatoms. The summed E-state index contributed by atoms with van der Waals surface area (Å²) in [4.78, 5) is 36.3. The van der Waals surface area contributed by atoms with E-state index in [4.69, 9.17) is 4.98 Å². The first-order chi connectivity index (χ1) is 16.8. The monoisotopic (exact) mass is 476 g/mol. The number of rotatable bonds is 4. The van der Waals surface area contributed by atoms with E-state index < -0.39 is 5.67 Å². The van der Waals surface area contributed by atoms with Crippen molar-refractivity contribution < 1.29 is 14.0 Å². The predicted molar refractivity (Wildman–Crippen MR) is 135 cm³/mol. The number of amides is 2. The standard InChI is InChI=1S/C28H33FN4O2/c1-4-10-28(29)11-13-32(17-19(28)3)26(34)21-14-20-7-6-12-33(25(20)30-16-21)23-8-9-24-22(15-23)18-31(5-2)27(24)35/h4,8-10,14-16,19H,5-7,11-13,17-18H2,1-3H3/b10-4+. The molecule has 0 bridgehead atoms. The van der Waals surface area contributed by atoms with E-state index in [1.165, 1.54) is 0 Å². The largest absolute Gasteiger partial charge is 0.338 e. The smallest absolute Gasteiger partial charge is 0.255 e. The Morgan fingerprint density at radius 2 is 2.09 bits per heavy atom. The van der Waals surface area contributed by atoms with Gasteiger partial charge < -0.3 is 14.7 Å². The van der Waals surface area contributed by atoms with Gasteiger partial charge in [0, 0.05) is 62.5 Å². The third-order valence-electron chi connectivity index (χ3n) is 7.74. The van der Waals surface area contributed by atoms with Crippen molar-refractivity contribution in [1.82, 2.24) is 14.8 Å². The van der Waals surface area contributed by atoms with Gasteiger partial charge in [-0.1, -0.05) is 19.1 Å². The molecule has 0 saturated carbocycles. The zero-order valence-corrected chi connectivity index (χ0v) is 20.8. The van der Waals surface area contributed by atoms with Crippen molar-refractivity contribution in [1.29, 1.82) is 0 Å². The number of aromatic nitrogens is 1. The fraction of sp³-hybridized carbons (Fsp3) is 0.464. The molecular weight excluding hydrogens is 443 g/mol. The number of allylic oxidation sites excluding steroid dienone is 2. The van der Waals surface area contributed by atoms with Gasteiger partial charge in [0.05, 0.1) is 5.56 Å². The number of hydrogen-bond acceptors (Lipinski definition) is 4. The van der Waals surface area contributed by atoms with Gasteiger partial charge in [0.1, 0.15) is 11.5 Å². The third-order valence-corrected chi connectivity index (χ3v) is 7.74.